The fraction of sp³-hybridized carbons (Fsp3) is 0.471. The van der Waals surface area contributed by atoms with E-state index in [0.717, 1.165) is 18.5 Å². The second-order valence-electron chi connectivity index (χ2n) is 5.70. The van der Waals surface area contributed by atoms with Gasteiger partial charge in [-0.2, -0.15) is 0 Å². The maximum atomic E-state index is 4.74. The molecule has 0 amide bonds. The summed E-state index contributed by atoms with van der Waals surface area (Å²) in [6, 6.07) is 13.2. The van der Waals surface area contributed by atoms with Crippen LogP contribution in [-0.2, 0) is 6.42 Å². The van der Waals surface area contributed by atoms with Crippen LogP contribution in [-0.4, -0.2) is 17.6 Å². The van der Waals surface area contributed by atoms with E-state index in [2.05, 4.69) is 62.5 Å². The smallest absolute Gasteiger partial charge is 0.0705 e. The van der Waals surface area contributed by atoms with Crippen molar-refractivity contribution in [2.24, 2.45) is 5.92 Å². The van der Waals surface area contributed by atoms with E-state index < -0.39 is 0 Å². The lowest BCUT2D eigenvalue weighted by Crippen LogP contribution is -2.25. The van der Waals surface area contributed by atoms with Gasteiger partial charge < -0.3 is 5.32 Å². The van der Waals surface area contributed by atoms with Gasteiger partial charge in [-0.25, -0.2) is 0 Å². The summed E-state index contributed by atoms with van der Waals surface area (Å²) in [5.74, 6) is 0.667. The van der Waals surface area contributed by atoms with Crippen LogP contribution < -0.4 is 5.32 Å². The molecule has 1 heterocycles. The summed E-state index contributed by atoms with van der Waals surface area (Å²) in [6.45, 7) is 7.77. The molecule has 0 fully saturated rings. The molecule has 1 aromatic heterocycles. The molecular weight excluding hydrogens is 232 g/mol. The largest absolute Gasteiger partial charge is 0.315 e. The standard InChI is InChI=1S/C17H24N2/c1-13(2)18-11-10-14(3)12-16-9-8-15-6-4-5-7-17(15)19-16/h4-9,13-14,18H,10-12H2,1-3H3. The molecule has 1 atom stereocenters. The highest BCUT2D eigenvalue weighted by molar-refractivity contribution is 5.78. The minimum atomic E-state index is 0.575. The average molecular weight is 256 g/mol. The van der Waals surface area contributed by atoms with Gasteiger partial charge in [0.05, 0.1) is 5.52 Å². The van der Waals surface area contributed by atoms with Gasteiger partial charge in [0.2, 0.25) is 0 Å². The normalized spacial score (nSPS) is 13.1. The molecule has 19 heavy (non-hydrogen) atoms. The third-order valence-corrected chi connectivity index (χ3v) is 3.40. The quantitative estimate of drug-likeness (QED) is 0.850. The van der Waals surface area contributed by atoms with E-state index in [4.69, 9.17) is 4.98 Å². The molecule has 0 saturated heterocycles. The van der Waals surface area contributed by atoms with Crippen molar-refractivity contribution in [2.45, 2.75) is 39.7 Å². The molecular formula is C17H24N2. The van der Waals surface area contributed by atoms with Gasteiger partial charge in [-0.3, -0.25) is 4.98 Å². The van der Waals surface area contributed by atoms with Gasteiger partial charge in [-0.1, -0.05) is 45.0 Å². The van der Waals surface area contributed by atoms with E-state index in [1.54, 1.807) is 0 Å². The van der Waals surface area contributed by atoms with Gasteiger partial charge in [-0.05, 0) is 37.4 Å². The fourth-order valence-corrected chi connectivity index (χ4v) is 2.30. The number of aromatic nitrogens is 1. The fourth-order valence-electron chi connectivity index (χ4n) is 2.30. The van der Waals surface area contributed by atoms with Gasteiger partial charge in [0.1, 0.15) is 0 Å². The van der Waals surface area contributed by atoms with Crippen molar-refractivity contribution < 1.29 is 0 Å². The Labute approximate surface area is 116 Å². The van der Waals surface area contributed by atoms with E-state index in [0.29, 0.717) is 12.0 Å². The van der Waals surface area contributed by atoms with Gasteiger partial charge >= 0.3 is 0 Å². The summed E-state index contributed by atoms with van der Waals surface area (Å²) in [7, 11) is 0. The molecule has 1 N–H and O–H groups in total. The zero-order valence-electron chi connectivity index (χ0n) is 12.2. The average Bonchev–Trinajstić information content (AvgIpc) is 2.38. The van der Waals surface area contributed by atoms with Crippen molar-refractivity contribution in [3.8, 4) is 0 Å². The second kappa shape index (κ2) is 6.67. The lowest BCUT2D eigenvalue weighted by molar-refractivity contribution is 0.473. The zero-order chi connectivity index (χ0) is 13.7. The van der Waals surface area contributed by atoms with E-state index in [9.17, 15) is 0 Å². The molecule has 1 unspecified atom stereocenters. The highest BCUT2D eigenvalue weighted by Gasteiger charge is 2.06. The first-order valence-corrected chi connectivity index (χ1v) is 7.23. The van der Waals surface area contributed by atoms with Gasteiger partial charge in [0.25, 0.3) is 0 Å². The van der Waals surface area contributed by atoms with Crippen LogP contribution in [0.15, 0.2) is 36.4 Å². The van der Waals surface area contributed by atoms with Gasteiger partial charge in [0, 0.05) is 17.1 Å². The third-order valence-electron chi connectivity index (χ3n) is 3.40. The minimum absolute atomic E-state index is 0.575. The van der Waals surface area contributed by atoms with Crippen molar-refractivity contribution in [3.63, 3.8) is 0 Å². The number of rotatable bonds is 6. The predicted molar refractivity (Wildman–Crippen MR) is 82.4 cm³/mol. The molecule has 0 aliphatic rings. The van der Waals surface area contributed by atoms with Gasteiger partial charge in [0.15, 0.2) is 0 Å². The Bertz CT molecular complexity index is 519. The molecule has 0 saturated carbocycles. The minimum Gasteiger partial charge on any atom is -0.315 e. The van der Waals surface area contributed by atoms with Crippen molar-refractivity contribution in [2.75, 3.05) is 6.54 Å². The Morgan fingerprint density at radius 3 is 2.63 bits per heavy atom. The number of hydrogen-bond donors (Lipinski definition) is 1. The summed E-state index contributed by atoms with van der Waals surface area (Å²) in [5, 5.41) is 4.69. The lowest BCUT2D eigenvalue weighted by atomic mass is 10.0. The van der Waals surface area contributed by atoms with Crippen LogP contribution in [0.4, 0.5) is 0 Å². The lowest BCUT2D eigenvalue weighted by Gasteiger charge is -2.13. The number of nitrogens with zero attached hydrogens (tertiary/aromatic N) is 1. The number of hydrogen-bond acceptors (Lipinski definition) is 2. The maximum absolute atomic E-state index is 4.74. The number of pyridine rings is 1. The first-order valence-electron chi connectivity index (χ1n) is 7.23. The first kappa shape index (κ1) is 14.0. The SMILES string of the molecule is CC(CCNC(C)C)Cc1ccc2ccccc2n1. The van der Waals surface area contributed by atoms with Crippen LogP contribution in [0.2, 0.25) is 0 Å². The Kier molecular flexibility index (Phi) is 4.92. The molecule has 2 aromatic rings. The van der Waals surface area contributed by atoms with Crippen molar-refractivity contribution in [1.29, 1.82) is 0 Å². The number of fused-ring (bicyclic) bond motifs is 1. The van der Waals surface area contributed by atoms with Crippen molar-refractivity contribution in [1.82, 2.24) is 10.3 Å². The topological polar surface area (TPSA) is 24.9 Å². The molecule has 2 rings (SSSR count). The van der Waals surface area contributed by atoms with Crippen LogP contribution >= 0.6 is 0 Å². The number of para-hydroxylation sites is 1. The molecule has 0 radical (unpaired) electrons. The second-order valence-corrected chi connectivity index (χ2v) is 5.70. The predicted octanol–water partition coefficient (Wildman–Crippen LogP) is 3.80. The van der Waals surface area contributed by atoms with Crippen molar-refractivity contribution in [3.05, 3.63) is 42.1 Å². The summed E-state index contributed by atoms with van der Waals surface area (Å²) < 4.78 is 0. The molecule has 2 nitrogen and oxygen atoms in total. The molecule has 0 aliphatic carbocycles. The Balaban J connectivity index is 1.93. The molecule has 0 spiro atoms. The molecule has 2 heteroatoms. The Morgan fingerprint density at radius 1 is 1.05 bits per heavy atom. The Hall–Kier alpha value is -1.41. The number of nitrogens with one attached hydrogen (secondary N) is 1. The van der Waals surface area contributed by atoms with Crippen LogP contribution in [0.25, 0.3) is 10.9 Å². The molecule has 0 bridgehead atoms. The summed E-state index contributed by atoms with van der Waals surface area (Å²) in [6.07, 6.45) is 2.26. The zero-order valence-corrected chi connectivity index (χ0v) is 12.2. The van der Waals surface area contributed by atoms with E-state index >= 15 is 0 Å². The van der Waals surface area contributed by atoms with E-state index in [1.165, 1.54) is 17.5 Å². The monoisotopic (exact) mass is 256 g/mol. The van der Waals surface area contributed by atoms with Crippen LogP contribution in [0.5, 0.6) is 0 Å². The summed E-state index contributed by atoms with van der Waals surface area (Å²) in [5.41, 5.74) is 2.31. The van der Waals surface area contributed by atoms with E-state index in [1.807, 2.05) is 0 Å². The molecule has 102 valence electrons. The Morgan fingerprint density at radius 2 is 1.84 bits per heavy atom. The molecule has 1 aromatic carbocycles. The highest BCUT2D eigenvalue weighted by Crippen LogP contribution is 2.15. The molecule has 0 aliphatic heterocycles. The number of benzene rings is 1. The third kappa shape index (κ3) is 4.32. The van der Waals surface area contributed by atoms with Crippen LogP contribution in [0.3, 0.4) is 0 Å². The first-order chi connectivity index (χ1) is 9.15. The highest BCUT2D eigenvalue weighted by atomic mass is 14.9. The maximum Gasteiger partial charge on any atom is 0.0705 e. The summed E-state index contributed by atoms with van der Waals surface area (Å²) in [4.78, 5) is 4.74. The van der Waals surface area contributed by atoms with Crippen LogP contribution in [0, 0.1) is 5.92 Å². The van der Waals surface area contributed by atoms with Crippen molar-refractivity contribution >= 4 is 10.9 Å². The summed E-state index contributed by atoms with van der Waals surface area (Å²) >= 11 is 0. The van der Waals surface area contributed by atoms with Crippen LogP contribution in [0.1, 0.15) is 32.9 Å². The van der Waals surface area contributed by atoms with E-state index in [-0.39, 0.29) is 0 Å². The van der Waals surface area contributed by atoms with Gasteiger partial charge in [-0.15, -0.1) is 0 Å².